The number of fused-ring (bicyclic) bond motifs is 1. The van der Waals surface area contributed by atoms with Gasteiger partial charge in [-0.25, -0.2) is 8.78 Å². The van der Waals surface area contributed by atoms with Crippen LogP contribution in [0, 0.1) is 18.6 Å². The topological polar surface area (TPSA) is 81.3 Å². The molecule has 2 heterocycles. The van der Waals surface area contributed by atoms with E-state index in [-0.39, 0.29) is 17.7 Å². The summed E-state index contributed by atoms with van der Waals surface area (Å²) in [5, 5.41) is 6.66. The van der Waals surface area contributed by atoms with Gasteiger partial charge in [0, 0.05) is 29.4 Å². The quantitative estimate of drug-likeness (QED) is 0.470. The predicted molar refractivity (Wildman–Crippen MR) is 116 cm³/mol. The monoisotopic (exact) mass is 435 g/mol. The Hall–Kier alpha value is -4.14. The van der Waals surface area contributed by atoms with E-state index >= 15 is 0 Å². The summed E-state index contributed by atoms with van der Waals surface area (Å²) in [6, 6.07) is 11.9. The summed E-state index contributed by atoms with van der Waals surface area (Å²) in [5.74, 6) is -1.46. The molecule has 1 N–H and O–H groups in total. The van der Waals surface area contributed by atoms with E-state index in [1.165, 1.54) is 0 Å². The molecule has 4 aromatic rings. The molecule has 7 nitrogen and oxygen atoms in total. The average Bonchev–Trinajstić information content (AvgIpc) is 3.23. The van der Waals surface area contributed by atoms with Gasteiger partial charge in [-0.3, -0.25) is 9.59 Å². The first-order valence-electron chi connectivity index (χ1n) is 9.79. The molecule has 162 valence electrons. The highest BCUT2D eigenvalue weighted by Crippen LogP contribution is 2.18. The number of nitrogens with zero attached hydrogens (tertiary/aromatic N) is 4. The SMILES string of the molecule is C=CCn1c(C)c(CC(=O)Nc2cc(F)ccc2F)c(=O)n2nc(-c3ccccc3)nc12. The van der Waals surface area contributed by atoms with Gasteiger partial charge in [0.2, 0.25) is 11.7 Å². The first-order chi connectivity index (χ1) is 15.4. The molecular weight excluding hydrogens is 416 g/mol. The second-order valence-electron chi connectivity index (χ2n) is 7.13. The summed E-state index contributed by atoms with van der Waals surface area (Å²) in [6.07, 6.45) is 1.29. The van der Waals surface area contributed by atoms with Gasteiger partial charge < -0.3 is 9.88 Å². The fourth-order valence-corrected chi connectivity index (χ4v) is 3.42. The number of allylic oxidation sites excluding steroid dienone is 1. The van der Waals surface area contributed by atoms with Crippen LogP contribution >= 0.6 is 0 Å². The number of hydrogen-bond acceptors (Lipinski definition) is 4. The lowest BCUT2D eigenvalue weighted by molar-refractivity contribution is -0.115. The molecule has 2 aromatic carbocycles. The van der Waals surface area contributed by atoms with E-state index in [4.69, 9.17) is 0 Å². The number of amides is 1. The molecule has 2 aromatic heterocycles. The van der Waals surface area contributed by atoms with Crippen molar-refractivity contribution in [2.24, 2.45) is 0 Å². The van der Waals surface area contributed by atoms with Gasteiger partial charge in [-0.15, -0.1) is 11.7 Å². The number of hydrogen-bond donors (Lipinski definition) is 1. The Labute approximate surface area is 181 Å². The van der Waals surface area contributed by atoms with E-state index in [1.54, 1.807) is 17.6 Å². The lowest BCUT2D eigenvalue weighted by atomic mass is 10.1. The molecule has 0 atom stereocenters. The van der Waals surface area contributed by atoms with E-state index in [9.17, 15) is 18.4 Å². The molecule has 0 radical (unpaired) electrons. The Bertz CT molecular complexity index is 1390. The maximum Gasteiger partial charge on any atom is 0.279 e. The summed E-state index contributed by atoms with van der Waals surface area (Å²) in [6.45, 7) is 5.76. The summed E-state index contributed by atoms with van der Waals surface area (Å²) in [7, 11) is 0. The average molecular weight is 435 g/mol. The van der Waals surface area contributed by atoms with Crippen LogP contribution in [0.1, 0.15) is 11.3 Å². The van der Waals surface area contributed by atoms with Crippen molar-refractivity contribution < 1.29 is 13.6 Å². The molecule has 0 aliphatic heterocycles. The highest BCUT2D eigenvalue weighted by molar-refractivity contribution is 5.92. The van der Waals surface area contributed by atoms with Gasteiger partial charge in [0.15, 0.2) is 5.82 Å². The van der Waals surface area contributed by atoms with Gasteiger partial charge in [0.25, 0.3) is 5.56 Å². The van der Waals surface area contributed by atoms with Crippen LogP contribution in [-0.2, 0) is 17.8 Å². The molecule has 4 rings (SSSR count). The zero-order valence-electron chi connectivity index (χ0n) is 17.2. The van der Waals surface area contributed by atoms with Crippen molar-refractivity contribution in [1.29, 1.82) is 0 Å². The first-order valence-corrected chi connectivity index (χ1v) is 9.79. The summed E-state index contributed by atoms with van der Waals surface area (Å²) < 4.78 is 30.2. The predicted octanol–water partition coefficient (Wildman–Crippen LogP) is 3.51. The van der Waals surface area contributed by atoms with Crippen molar-refractivity contribution in [2.75, 3.05) is 5.32 Å². The van der Waals surface area contributed by atoms with Crippen LogP contribution in [0.15, 0.2) is 66.0 Å². The van der Waals surface area contributed by atoms with E-state index in [2.05, 4.69) is 22.0 Å². The zero-order chi connectivity index (χ0) is 22.8. The van der Waals surface area contributed by atoms with E-state index < -0.39 is 23.1 Å². The van der Waals surface area contributed by atoms with Crippen LogP contribution in [0.3, 0.4) is 0 Å². The molecule has 0 bridgehead atoms. The van der Waals surface area contributed by atoms with Crippen LogP contribution in [0.25, 0.3) is 17.2 Å². The van der Waals surface area contributed by atoms with Crippen molar-refractivity contribution in [1.82, 2.24) is 19.2 Å². The van der Waals surface area contributed by atoms with Crippen LogP contribution in [0.2, 0.25) is 0 Å². The van der Waals surface area contributed by atoms with Crippen molar-refractivity contribution in [3.05, 3.63) is 94.4 Å². The van der Waals surface area contributed by atoms with Crippen LogP contribution in [0.4, 0.5) is 14.5 Å². The minimum atomic E-state index is -0.778. The van der Waals surface area contributed by atoms with Gasteiger partial charge >= 0.3 is 0 Å². The highest BCUT2D eigenvalue weighted by atomic mass is 19.1. The number of carbonyl (C=O) groups excluding carboxylic acids is 1. The van der Waals surface area contributed by atoms with Crippen LogP contribution in [-0.4, -0.2) is 25.1 Å². The van der Waals surface area contributed by atoms with Gasteiger partial charge in [0.05, 0.1) is 12.1 Å². The van der Waals surface area contributed by atoms with Gasteiger partial charge in [-0.05, 0) is 19.1 Å². The third kappa shape index (κ3) is 3.92. The summed E-state index contributed by atoms with van der Waals surface area (Å²) >= 11 is 0. The Morgan fingerprint density at radius 1 is 1.19 bits per heavy atom. The van der Waals surface area contributed by atoms with E-state index in [0.29, 0.717) is 23.8 Å². The fourth-order valence-electron chi connectivity index (χ4n) is 3.42. The second-order valence-corrected chi connectivity index (χ2v) is 7.13. The third-order valence-electron chi connectivity index (χ3n) is 5.01. The molecule has 0 saturated heterocycles. The van der Waals surface area contributed by atoms with Gasteiger partial charge in [0.1, 0.15) is 11.6 Å². The molecule has 1 amide bonds. The third-order valence-corrected chi connectivity index (χ3v) is 5.01. The van der Waals surface area contributed by atoms with Crippen molar-refractivity contribution >= 4 is 17.4 Å². The summed E-state index contributed by atoms with van der Waals surface area (Å²) in [5.41, 5.74) is 0.594. The summed E-state index contributed by atoms with van der Waals surface area (Å²) in [4.78, 5) is 30.2. The van der Waals surface area contributed by atoms with Gasteiger partial charge in [-0.2, -0.15) is 9.50 Å². The molecule has 0 aliphatic carbocycles. The van der Waals surface area contributed by atoms with Crippen molar-refractivity contribution in [2.45, 2.75) is 19.9 Å². The van der Waals surface area contributed by atoms with Crippen LogP contribution < -0.4 is 10.9 Å². The molecule has 9 heteroatoms. The molecule has 0 fully saturated rings. The maximum absolute atomic E-state index is 13.9. The highest BCUT2D eigenvalue weighted by Gasteiger charge is 2.20. The largest absolute Gasteiger partial charge is 0.323 e. The number of carbonyl (C=O) groups is 1. The molecule has 0 aliphatic rings. The number of benzene rings is 2. The Morgan fingerprint density at radius 2 is 1.94 bits per heavy atom. The van der Waals surface area contributed by atoms with Crippen molar-refractivity contribution in [3.8, 4) is 11.4 Å². The minimum absolute atomic E-state index is 0.165. The molecule has 32 heavy (non-hydrogen) atoms. The van der Waals surface area contributed by atoms with E-state index in [0.717, 1.165) is 28.3 Å². The number of rotatable bonds is 6. The number of anilines is 1. The second kappa shape index (κ2) is 8.54. The maximum atomic E-state index is 13.9. The molecule has 0 saturated carbocycles. The normalized spacial score (nSPS) is 11.0. The number of nitrogens with one attached hydrogen (secondary N) is 1. The molecule has 0 spiro atoms. The standard InChI is InChI=1S/C23H19F2N5O2/c1-3-11-29-14(2)17(13-20(31)26-19-12-16(24)9-10-18(19)25)22(32)30-23(29)27-21(28-30)15-7-5-4-6-8-15/h3-10,12H,1,11,13H2,2H3,(H,26,31). The smallest absolute Gasteiger partial charge is 0.279 e. The fraction of sp³-hybridized carbons (Fsp3) is 0.130. The minimum Gasteiger partial charge on any atom is -0.323 e. The van der Waals surface area contributed by atoms with Crippen molar-refractivity contribution in [3.63, 3.8) is 0 Å². The zero-order valence-corrected chi connectivity index (χ0v) is 17.2. The van der Waals surface area contributed by atoms with E-state index in [1.807, 2.05) is 30.3 Å². The number of aromatic nitrogens is 4. The van der Waals surface area contributed by atoms with Gasteiger partial charge in [-0.1, -0.05) is 36.4 Å². The first kappa shape index (κ1) is 21.1. The van der Waals surface area contributed by atoms with Crippen LogP contribution in [0.5, 0.6) is 0 Å². The Morgan fingerprint density at radius 3 is 2.66 bits per heavy atom. The lowest BCUT2D eigenvalue weighted by Crippen LogP contribution is -2.29. The Balaban J connectivity index is 1.77. The lowest BCUT2D eigenvalue weighted by Gasteiger charge is -2.14. The number of halogens is 2. The Kier molecular flexibility index (Phi) is 5.63. The molecular formula is C23H19F2N5O2. The molecule has 0 unspecified atom stereocenters.